The molecule has 0 aliphatic carbocycles. The van der Waals surface area contributed by atoms with Gasteiger partial charge in [-0.25, -0.2) is 8.42 Å². The minimum Gasteiger partial charge on any atom is -0.744 e. The summed E-state index contributed by atoms with van der Waals surface area (Å²) in [6.45, 7) is 4.29. The number of rotatable bonds is 7. The second kappa shape index (κ2) is 7.59. The first-order chi connectivity index (χ1) is 12.5. The highest BCUT2D eigenvalue weighted by atomic mass is 32.2. The van der Waals surface area contributed by atoms with Crippen molar-refractivity contribution in [1.82, 2.24) is 0 Å². The summed E-state index contributed by atoms with van der Waals surface area (Å²) >= 11 is 0. The molecule has 0 aliphatic heterocycles. The van der Waals surface area contributed by atoms with Crippen molar-refractivity contribution in [2.24, 2.45) is 0 Å². The third kappa shape index (κ3) is 4.04. The largest absolute Gasteiger partial charge is 0.744 e. The lowest BCUT2D eigenvalue weighted by Gasteiger charge is -2.14. The molecule has 3 aromatic rings. The van der Waals surface area contributed by atoms with Gasteiger partial charge in [-0.05, 0) is 29.8 Å². The van der Waals surface area contributed by atoms with Gasteiger partial charge in [0.2, 0.25) is 0 Å². The Balaban J connectivity index is 1.70. The van der Waals surface area contributed by atoms with E-state index in [0.717, 1.165) is 11.3 Å². The average molecular weight is 369 g/mol. The minimum absolute atomic E-state index is 0.251. The molecule has 0 unspecified atom stereocenters. The Hall–Kier alpha value is -2.83. The molecule has 0 atom stereocenters. The Labute approximate surface area is 152 Å². The van der Waals surface area contributed by atoms with E-state index in [-0.39, 0.29) is 11.5 Å². The molecule has 0 amide bonds. The first-order valence-corrected chi connectivity index (χ1v) is 9.35. The van der Waals surface area contributed by atoms with E-state index in [1.54, 1.807) is 30.3 Å². The summed E-state index contributed by atoms with van der Waals surface area (Å²) in [5.74, 6) is 1.22. The lowest BCUT2D eigenvalue weighted by molar-refractivity contribution is 0.218. The topological polar surface area (TPSA) is 75.7 Å². The van der Waals surface area contributed by atoms with Crippen molar-refractivity contribution >= 4 is 27.0 Å². The summed E-state index contributed by atoms with van der Waals surface area (Å²) in [6, 6.07) is 17.0. The molecule has 3 rings (SSSR count). The molecule has 3 aromatic carbocycles. The highest BCUT2D eigenvalue weighted by Gasteiger charge is 2.11. The molecule has 26 heavy (non-hydrogen) atoms. The highest BCUT2D eigenvalue weighted by Crippen LogP contribution is 2.30. The molecule has 0 aromatic heterocycles. The van der Waals surface area contributed by atoms with Crippen LogP contribution in [-0.2, 0) is 10.1 Å². The van der Waals surface area contributed by atoms with Gasteiger partial charge in [0.05, 0.1) is 4.90 Å². The normalized spacial score (nSPS) is 11.3. The molecular weight excluding hydrogens is 352 g/mol. The second-order valence-corrected chi connectivity index (χ2v) is 6.88. The van der Waals surface area contributed by atoms with Gasteiger partial charge in [-0.1, -0.05) is 49.1 Å². The van der Waals surface area contributed by atoms with Crippen LogP contribution in [0.1, 0.15) is 5.56 Å². The third-order valence-corrected chi connectivity index (χ3v) is 4.73. The molecule has 0 fully saturated rings. The van der Waals surface area contributed by atoms with Crippen LogP contribution in [0.15, 0.2) is 72.1 Å². The maximum atomic E-state index is 11.4. The van der Waals surface area contributed by atoms with E-state index in [9.17, 15) is 13.0 Å². The molecule has 0 bridgehead atoms. The summed E-state index contributed by atoms with van der Waals surface area (Å²) in [4.78, 5) is -0.251. The molecule has 0 saturated carbocycles. The SMILES string of the molecule is C=Cc1ccc(OCCOc2ccc(S(=O)(=O)[O-])c3ccccc23)cc1. The minimum atomic E-state index is -4.55. The van der Waals surface area contributed by atoms with Crippen LogP contribution in [0, 0.1) is 0 Å². The quantitative estimate of drug-likeness (QED) is 0.467. The molecule has 0 N–H and O–H groups in total. The van der Waals surface area contributed by atoms with E-state index in [4.69, 9.17) is 9.47 Å². The lowest BCUT2D eigenvalue weighted by Crippen LogP contribution is -2.09. The molecule has 0 heterocycles. The van der Waals surface area contributed by atoms with Crippen molar-refractivity contribution in [3.8, 4) is 11.5 Å². The van der Waals surface area contributed by atoms with Gasteiger partial charge >= 0.3 is 0 Å². The standard InChI is InChI=1S/C20H18O5S/c1-2-15-7-9-16(10-8-15)24-13-14-25-19-11-12-20(26(21,22)23)18-6-4-3-5-17(18)19/h2-12H,1,13-14H2,(H,21,22,23)/p-1. The molecule has 6 heteroatoms. The van der Waals surface area contributed by atoms with E-state index in [0.29, 0.717) is 23.1 Å². The van der Waals surface area contributed by atoms with Crippen LogP contribution >= 0.6 is 0 Å². The summed E-state index contributed by atoms with van der Waals surface area (Å²) in [5, 5.41) is 0.917. The summed E-state index contributed by atoms with van der Waals surface area (Å²) in [5.41, 5.74) is 1.01. The predicted octanol–water partition coefficient (Wildman–Crippen LogP) is 3.84. The van der Waals surface area contributed by atoms with E-state index in [1.807, 2.05) is 24.3 Å². The monoisotopic (exact) mass is 369 g/mol. The van der Waals surface area contributed by atoms with Crippen LogP contribution in [0.4, 0.5) is 0 Å². The van der Waals surface area contributed by atoms with Gasteiger partial charge in [-0.2, -0.15) is 0 Å². The maximum absolute atomic E-state index is 11.4. The van der Waals surface area contributed by atoms with Crippen molar-refractivity contribution in [3.05, 3.63) is 72.8 Å². The molecule has 0 radical (unpaired) electrons. The molecule has 0 saturated heterocycles. The molecule has 0 aliphatic rings. The molecule has 134 valence electrons. The van der Waals surface area contributed by atoms with Crippen molar-refractivity contribution in [3.63, 3.8) is 0 Å². The van der Waals surface area contributed by atoms with E-state index in [1.165, 1.54) is 12.1 Å². The summed E-state index contributed by atoms with van der Waals surface area (Å²) in [7, 11) is -4.55. The Morgan fingerprint density at radius 3 is 2.19 bits per heavy atom. The smallest absolute Gasteiger partial charge is 0.127 e. The lowest BCUT2D eigenvalue weighted by atomic mass is 10.1. The van der Waals surface area contributed by atoms with Gasteiger partial charge in [0, 0.05) is 10.8 Å². The first-order valence-electron chi connectivity index (χ1n) is 7.95. The zero-order valence-corrected chi connectivity index (χ0v) is 14.7. The summed E-state index contributed by atoms with van der Waals surface area (Å²) < 4.78 is 45.5. The van der Waals surface area contributed by atoms with Crippen molar-refractivity contribution < 1.29 is 22.4 Å². The van der Waals surface area contributed by atoms with Gasteiger partial charge < -0.3 is 14.0 Å². The number of fused-ring (bicyclic) bond motifs is 1. The Morgan fingerprint density at radius 1 is 0.885 bits per heavy atom. The van der Waals surface area contributed by atoms with E-state index in [2.05, 4.69) is 6.58 Å². The fraction of sp³-hybridized carbons (Fsp3) is 0.100. The average Bonchev–Trinajstić information content (AvgIpc) is 2.64. The fourth-order valence-electron chi connectivity index (χ4n) is 2.60. The number of benzene rings is 3. The van der Waals surface area contributed by atoms with Gasteiger partial charge in [-0.15, -0.1) is 0 Å². The molecular formula is C20H17O5S-. The Morgan fingerprint density at radius 2 is 1.54 bits per heavy atom. The number of hydrogen-bond donors (Lipinski definition) is 0. The van der Waals surface area contributed by atoms with Gasteiger partial charge in [-0.3, -0.25) is 0 Å². The van der Waals surface area contributed by atoms with Crippen LogP contribution in [0.5, 0.6) is 11.5 Å². The zero-order valence-electron chi connectivity index (χ0n) is 13.9. The molecule has 0 spiro atoms. The first kappa shape index (κ1) is 18.0. The van der Waals surface area contributed by atoms with Crippen LogP contribution in [0.25, 0.3) is 16.8 Å². The second-order valence-electron chi connectivity index (χ2n) is 5.53. The van der Waals surface area contributed by atoms with Gasteiger partial charge in [0.15, 0.2) is 0 Å². The fourth-order valence-corrected chi connectivity index (χ4v) is 3.28. The van der Waals surface area contributed by atoms with Crippen LogP contribution in [-0.4, -0.2) is 26.2 Å². The third-order valence-electron chi connectivity index (χ3n) is 3.84. The van der Waals surface area contributed by atoms with Crippen LogP contribution in [0.3, 0.4) is 0 Å². The molecule has 5 nitrogen and oxygen atoms in total. The zero-order chi connectivity index (χ0) is 18.6. The highest BCUT2D eigenvalue weighted by molar-refractivity contribution is 7.86. The Kier molecular flexibility index (Phi) is 5.25. The summed E-state index contributed by atoms with van der Waals surface area (Å²) in [6.07, 6.45) is 1.75. The van der Waals surface area contributed by atoms with Gasteiger partial charge in [0.25, 0.3) is 0 Å². The number of ether oxygens (including phenoxy) is 2. The predicted molar refractivity (Wildman–Crippen MR) is 99.4 cm³/mol. The van der Waals surface area contributed by atoms with E-state index < -0.39 is 10.1 Å². The maximum Gasteiger partial charge on any atom is 0.127 e. The van der Waals surface area contributed by atoms with Crippen LogP contribution in [0.2, 0.25) is 0 Å². The van der Waals surface area contributed by atoms with Crippen molar-refractivity contribution in [2.75, 3.05) is 13.2 Å². The van der Waals surface area contributed by atoms with Crippen molar-refractivity contribution in [1.29, 1.82) is 0 Å². The Bertz CT molecular complexity index is 1020. The van der Waals surface area contributed by atoms with Gasteiger partial charge in [0.1, 0.15) is 34.8 Å². The van der Waals surface area contributed by atoms with Crippen LogP contribution < -0.4 is 9.47 Å². The number of hydrogen-bond acceptors (Lipinski definition) is 5. The van der Waals surface area contributed by atoms with E-state index >= 15 is 0 Å². The van der Waals surface area contributed by atoms with Crippen molar-refractivity contribution in [2.45, 2.75) is 4.90 Å².